The van der Waals surface area contributed by atoms with Crippen molar-refractivity contribution in [3.05, 3.63) is 22.4 Å². The molecule has 0 spiro atoms. The summed E-state index contributed by atoms with van der Waals surface area (Å²) in [6.07, 6.45) is -0.497. The Balaban J connectivity index is 2.51. The molecule has 0 aliphatic heterocycles. The second-order valence-electron chi connectivity index (χ2n) is 3.02. The molecule has 0 aliphatic carbocycles. The van der Waals surface area contributed by atoms with Gasteiger partial charge in [-0.25, -0.2) is 0 Å². The Bertz CT molecular complexity index is 269. The molecule has 0 bridgehead atoms. The molecule has 1 heterocycles. The van der Waals surface area contributed by atoms with Gasteiger partial charge in [0.05, 0.1) is 12.5 Å². The van der Waals surface area contributed by atoms with Crippen molar-refractivity contribution >= 4 is 17.2 Å². The molecule has 0 saturated heterocycles. The minimum atomic E-state index is -0.658. The summed E-state index contributed by atoms with van der Waals surface area (Å²) in [5.41, 5.74) is 0. The maximum Gasteiger partial charge on any atom is 0.225 e. The second-order valence-corrected chi connectivity index (χ2v) is 4.00. The molecule has 0 radical (unpaired) electrons. The van der Waals surface area contributed by atoms with Crippen molar-refractivity contribution in [3.63, 3.8) is 0 Å². The van der Waals surface area contributed by atoms with Gasteiger partial charge in [0.25, 0.3) is 0 Å². The second kappa shape index (κ2) is 4.39. The van der Waals surface area contributed by atoms with Gasteiger partial charge in [-0.05, 0) is 11.4 Å². The largest absolute Gasteiger partial charge is 0.387 e. The van der Waals surface area contributed by atoms with Crippen LogP contribution in [0.25, 0.3) is 0 Å². The zero-order chi connectivity index (χ0) is 9.84. The lowest BCUT2D eigenvalue weighted by atomic mass is 10.2. The van der Waals surface area contributed by atoms with Gasteiger partial charge in [0.2, 0.25) is 5.91 Å². The summed E-state index contributed by atoms with van der Waals surface area (Å²) < 4.78 is 0. The van der Waals surface area contributed by atoms with E-state index in [2.05, 4.69) is 0 Å². The van der Waals surface area contributed by atoms with Crippen molar-refractivity contribution in [1.29, 1.82) is 0 Å². The predicted octanol–water partition coefficient (Wildman–Crippen LogP) is 1.26. The number of thiophene rings is 1. The first kappa shape index (κ1) is 10.2. The molecule has 1 aromatic rings. The summed E-state index contributed by atoms with van der Waals surface area (Å²) in [4.78, 5) is 13.5. The predicted molar refractivity (Wildman–Crippen MR) is 52.6 cm³/mol. The number of hydrogen-bond acceptors (Lipinski definition) is 3. The molecule has 0 aliphatic rings. The summed E-state index contributed by atoms with van der Waals surface area (Å²) in [7, 11) is 3.37. The average molecular weight is 199 g/mol. The Morgan fingerprint density at radius 3 is 2.85 bits per heavy atom. The Morgan fingerprint density at radius 1 is 1.69 bits per heavy atom. The molecule has 0 aromatic carbocycles. The molecule has 1 rings (SSSR count). The van der Waals surface area contributed by atoms with Crippen LogP contribution in [0.1, 0.15) is 17.4 Å². The van der Waals surface area contributed by atoms with Crippen LogP contribution in [0.5, 0.6) is 0 Å². The summed E-state index contributed by atoms with van der Waals surface area (Å²) >= 11 is 1.46. The number of carbonyl (C=O) groups excluding carboxylic acids is 1. The number of carbonyl (C=O) groups is 1. The summed E-state index contributed by atoms with van der Waals surface area (Å²) in [6.45, 7) is 0. The van der Waals surface area contributed by atoms with Crippen LogP contribution in [-0.2, 0) is 4.79 Å². The SMILES string of the molecule is CN(C)C(=O)C[C@@H](O)c1cccs1. The zero-order valence-corrected chi connectivity index (χ0v) is 8.54. The van der Waals surface area contributed by atoms with Crippen LogP contribution in [0.2, 0.25) is 0 Å². The third-order valence-electron chi connectivity index (χ3n) is 1.74. The van der Waals surface area contributed by atoms with Gasteiger partial charge in [0.15, 0.2) is 0 Å². The fraction of sp³-hybridized carbons (Fsp3) is 0.444. The lowest BCUT2D eigenvalue weighted by molar-refractivity contribution is -0.130. The maximum absolute atomic E-state index is 11.2. The minimum absolute atomic E-state index is 0.0547. The van der Waals surface area contributed by atoms with Crippen LogP contribution in [0, 0.1) is 0 Å². The van der Waals surface area contributed by atoms with E-state index in [0.717, 1.165) is 4.88 Å². The number of hydrogen-bond donors (Lipinski definition) is 1. The molecule has 0 saturated carbocycles. The van der Waals surface area contributed by atoms with E-state index < -0.39 is 6.10 Å². The molecule has 72 valence electrons. The van der Waals surface area contributed by atoms with Crippen molar-refractivity contribution in [2.75, 3.05) is 14.1 Å². The first-order valence-electron chi connectivity index (χ1n) is 4.03. The number of amides is 1. The molecular formula is C9H13NO2S. The van der Waals surface area contributed by atoms with Crippen molar-refractivity contribution in [2.24, 2.45) is 0 Å². The van der Waals surface area contributed by atoms with Crippen LogP contribution in [0.3, 0.4) is 0 Å². The Morgan fingerprint density at radius 2 is 2.38 bits per heavy atom. The van der Waals surface area contributed by atoms with E-state index >= 15 is 0 Å². The molecule has 0 unspecified atom stereocenters. The Kier molecular flexibility index (Phi) is 3.45. The van der Waals surface area contributed by atoms with Gasteiger partial charge < -0.3 is 10.0 Å². The maximum atomic E-state index is 11.2. The van der Waals surface area contributed by atoms with Crippen molar-refractivity contribution in [2.45, 2.75) is 12.5 Å². The Hall–Kier alpha value is -0.870. The van der Waals surface area contributed by atoms with E-state index in [9.17, 15) is 9.90 Å². The Labute approximate surface area is 81.6 Å². The first-order valence-corrected chi connectivity index (χ1v) is 4.91. The lowest BCUT2D eigenvalue weighted by Crippen LogP contribution is -2.23. The topological polar surface area (TPSA) is 40.5 Å². The third-order valence-corrected chi connectivity index (χ3v) is 2.71. The smallest absolute Gasteiger partial charge is 0.225 e. The van der Waals surface area contributed by atoms with Crippen LogP contribution in [0.15, 0.2) is 17.5 Å². The first-order chi connectivity index (χ1) is 6.11. The highest BCUT2D eigenvalue weighted by molar-refractivity contribution is 7.10. The van der Waals surface area contributed by atoms with Gasteiger partial charge in [-0.1, -0.05) is 6.07 Å². The monoisotopic (exact) mass is 199 g/mol. The van der Waals surface area contributed by atoms with Crippen LogP contribution in [-0.4, -0.2) is 30.0 Å². The number of aliphatic hydroxyl groups is 1. The quantitative estimate of drug-likeness (QED) is 0.796. The van der Waals surface area contributed by atoms with Gasteiger partial charge in [0, 0.05) is 19.0 Å². The molecule has 1 amide bonds. The lowest BCUT2D eigenvalue weighted by Gasteiger charge is -2.12. The number of nitrogens with zero attached hydrogens (tertiary/aromatic N) is 1. The zero-order valence-electron chi connectivity index (χ0n) is 7.73. The van der Waals surface area contributed by atoms with Gasteiger partial charge in [-0.15, -0.1) is 11.3 Å². The highest BCUT2D eigenvalue weighted by Gasteiger charge is 2.14. The summed E-state index contributed by atoms with van der Waals surface area (Å²) in [5, 5.41) is 11.5. The minimum Gasteiger partial charge on any atom is -0.387 e. The third kappa shape index (κ3) is 2.82. The van der Waals surface area contributed by atoms with Gasteiger partial charge in [-0.2, -0.15) is 0 Å². The van der Waals surface area contributed by atoms with E-state index in [1.807, 2.05) is 17.5 Å². The van der Waals surface area contributed by atoms with Crippen LogP contribution >= 0.6 is 11.3 Å². The fourth-order valence-electron chi connectivity index (χ4n) is 0.929. The molecule has 4 heteroatoms. The van der Waals surface area contributed by atoms with E-state index in [0.29, 0.717) is 0 Å². The van der Waals surface area contributed by atoms with E-state index in [4.69, 9.17) is 0 Å². The van der Waals surface area contributed by atoms with Crippen molar-refractivity contribution in [1.82, 2.24) is 4.90 Å². The van der Waals surface area contributed by atoms with Gasteiger partial charge in [0.1, 0.15) is 0 Å². The molecule has 3 nitrogen and oxygen atoms in total. The summed E-state index contributed by atoms with van der Waals surface area (Å²) in [6, 6.07) is 3.70. The van der Waals surface area contributed by atoms with Crippen LogP contribution < -0.4 is 0 Å². The normalized spacial score (nSPS) is 12.5. The van der Waals surface area contributed by atoms with E-state index in [1.54, 1.807) is 14.1 Å². The fourth-order valence-corrected chi connectivity index (χ4v) is 1.64. The molecule has 13 heavy (non-hydrogen) atoms. The number of rotatable bonds is 3. The van der Waals surface area contributed by atoms with Gasteiger partial charge >= 0.3 is 0 Å². The molecular weight excluding hydrogens is 186 g/mol. The molecule has 1 aromatic heterocycles. The standard InChI is InChI=1S/C9H13NO2S/c1-10(2)9(12)6-7(11)8-4-3-5-13-8/h3-5,7,11H,6H2,1-2H3/t7-/m1/s1. The summed E-state index contributed by atoms with van der Waals surface area (Å²) in [5.74, 6) is -0.0547. The molecule has 1 atom stereocenters. The van der Waals surface area contributed by atoms with Crippen molar-refractivity contribution < 1.29 is 9.90 Å². The van der Waals surface area contributed by atoms with Crippen LogP contribution in [0.4, 0.5) is 0 Å². The van der Waals surface area contributed by atoms with E-state index in [1.165, 1.54) is 16.2 Å². The van der Waals surface area contributed by atoms with Gasteiger partial charge in [-0.3, -0.25) is 4.79 Å². The molecule has 1 N–H and O–H groups in total. The van der Waals surface area contributed by atoms with Crippen molar-refractivity contribution in [3.8, 4) is 0 Å². The average Bonchev–Trinajstić information content (AvgIpc) is 2.55. The molecule has 0 fully saturated rings. The highest BCUT2D eigenvalue weighted by atomic mass is 32.1. The van der Waals surface area contributed by atoms with E-state index in [-0.39, 0.29) is 12.3 Å². The number of aliphatic hydroxyl groups excluding tert-OH is 1. The highest BCUT2D eigenvalue weighted by Crippen LogP contribution is 2.21.